The van der Waals surface area contributed by atoms with Crippen LogP contribution in [0.5, 0.6) is 0 Å². The highest BCUT2D eigenvalue weighted by Crippen LogP contribution is 2.19. The van der Waals surface area contributed by atoms with Crippen LogP contribution in [0.3, 0.4) is 0 Å². The number of methoxy groups -OCH3 is 1. The van der Waals surface area contributed by atoms with Crippen LogP contribution in [0, 0.1) is 0 Å². The molecule has 0 heterocycles. The first-order chi connectivity index (χ1) is 7.57. The zero-order valence-electron chi connectivity index (χ0n) is 11.1. The van der Waals surface area contributed by atoms with E-state index < -0.39 is 15.9 Å². The summed E-state index contributed by atoms with van der Waals surface area (Å²) >= 11 is 0. The van der Waals surface area contributed by atoms with Crippen LogP contribution in [0.4, 0.5) is 0 Å². The molecule has 0 aliphatic rings. The number of ether oxygens (including phenoxy) is 2. The summed E-state index contributed by atoms with van der Waals surface area (Å²) in [6, 6.07) is 0. The second-order valence-corrected chi connectivity index (χ2v) is 6.02. The van der Waals surface area contributed by atoms with Gasteiger partial charge in [-0.05, 0) is 20.8 Å². The van der Waals surface area contributed by atoms with Gasteiger partial charge in [0, 0.05) is 13.5 Å². The van der Waals surface area contributed by atoms with E-state index in [4.69, 9.17) is 9.47 Å². The average molecular weight is 266 g/mol. The molecule has 0 rings (SSSR count). The summed E-state index contributed by atoms with van der Waals surface area (Å²) in [6.45, 7) is 9.24. The van der Waals surface area contributed by atoms with E-state index in [0.717, 1.165) is 11.8 Å². The molecule has 0 aromatic heterocycles. The van der Waals surface area contributed by atoms with E-state index in [1.54, 1.807) is 21.0 Å². The Kier molecular flexibility index (Phi) is 6.32. The van der Waals surface area contributed by atoms with Crippen molar-refractivity contribution in [2.45, 2.75) is 39.1 Å². The largest absolute Gasteiger partial charge is 0.354 e. The zero-order chi connectivity index (χ0) is 13.7. The van der Waals surface area contributed by atoms with Gasteiger partial charge in [-0.15, -0.1) is 0 Å². The molecule has 0 spiro atoms. The maximum atomic E-state index is 10.8. The quantitative estimate of drug-likeness (QED) is 0.380. The van der Waals surface area contributed by atoms with Gasteiger partial charge in [-0.25, -0.2) is 0 Å². The van der Waals surface area contributed by atoms with Crippen molar-refractivity contribution in [1.82, 2.24) is 0 Å². The Morgan fingerprint density at radius 3 is 2.29 bits per heavy atom. The van der Waals surface area contributed by atoms with Gasteiger partial charge in [0.15, 0.2) is 5.79 Å². The molecule has 0 aromatic rings. The lowest BCUT2D eigenvalue weighted by Crippen LogP contribution is -2.33. The van der Waals surface area contributed by atoms with Crippen LogP contribution in [-0.4, -0.2) is 40.3 Å². The molecule has 1 unspecified atom stereocenters. The van der Waals surface area contributed by atoms with Crippen LogP contribution >= 0.6 is 0 Å². The summed E-state index contributed by atoms with van der Waals surface area (Å²) in [7, 11) is -1.87. The third-order valence-corrected chi connectivity index (χ3v) is 2.74. The van der Waals surface area contributed by atoms with E-state index >= 15 is 0 Å². The lowest BCUT2D eigenvalue weighted by molar-refractivity contribution is -0.217. The molecule has 102 valence electrons. The molecule has 0 fully saturated rings. The van der Waals surface area contributed by atoms with Crippen molar-refractivity contribution in [2.24, 2.45) is 0 Å². The Morgan fingerprint density at radius 1 is 1.41 bits per heavy atom. The molecule has 0 aliphatic carbocycles. The van der Waals surface area contributed by atoms with Crippen LogP contribution in [0.1, 0.15) is 27.2 Å². The molecule has 0 bridgehead atoms. The third kappa shape index (κ3) is 8.31. The fraction of sp³-hybridized carbons (Fsp3) is 0.818. The fourth-order valence-electron chi connectivity index (χ4n) is 1.10. The lowest BCUT2D eigenvalue weighted by atomic mass is 10.1. The van der Waals surface area contributed by atoms with Gasteiger partial charge in [0.1, 0.15) is 0 Å². The van der Waals surface area contributed by atoms with Crippen molar-refractivity contribution in [3.8, 4) is 0 Å². The SMILES string of the molecule is C=C(C)C(CCOS(C)(=O)=O)OC(C)(C)OC. The van der Waals surface area contributed by atoms with E-state index in [0.29, 0.717) is 6.42 Å². The van der Waals surface area contributed by atoms with Gasteiger partial charge in [0.25, 0.3) is 10.1 Å². The van der Waals surface area contributed by atoms with Crippen LogP contribution < -0.4 is 0 Å². The van der Waals surface area contributed by atoms with Gasteiger partial charge in [0.05, 0.1) is 19.0 Å². The molecule has 17 heavy (non-hydrogen) atoms. The molecule has 0 amide bonds. The Bertz CT molecular complexity index is 345. The van der Waals surface area contributed by atoms with Crippen molar-refractivity contribution in [2.75, 3.05) is 20.0 Å². The molecule has 1 atom stereocenters. The van der Waals surface area contributed by atoms with Crippen molar-refractivity contribution in [3.63, 3.8) is 0 Å². The Hall–Kier alpha value is -0.430. The van der Waals surface area contributed by atoms with Gasteiger partial charge in [-0.3, -0.25) is 4.18 Å². The summed E-state index contributed by atoms with van der Waals surface area (Å²) in [5.74, 6) is -0.741. The molecular formula is C11H22O5S. The first-order valence-corrected chi connectivity index (χ1v) is 7.12. The highest BCUT2D eigenvalue weighted by molar-refractivity contribution is 7.85. The number of hydrogen-bond donors (Lipinski definition) is 0. The van der Waals surface area contributed by atoms with Gasteiger partial charge in [-0.2, -0.15) is 8.42 Å². The Morgan fingerprint density at radius 2 is 1.94 bits per heavy atom. The van der Waals surface area contributed by atoms with Gasteiger partial charge in [-0.1, -0.05) is 12.2 Å². The van der Waals surface area contributed by atoms with Gasteiger partial charge in [0.2, 0.25) is 0 Å². The predicted octanol–water partition coefficient (Wildman–Crippen LogP) is 1.70. The maximum absolute atomic E-state index is 10.8. The molecule has 5 nitrogen and oxygen atoms in total. The standard InChI is InChI=1S/C11H22O5S/c1-9(2)10(16-11(3,4)14-5)7-8-15-17(6,12)13/h10H,1,7-8H2,2-6H3. The fourth-order valence-corrected chi connectivity index (χ4v) is 1.50. The predicted molar refractivity (Wildman–Crippen MR) is 66.2 cm³/mol. The highest BCUT2D eigenvalue weighted by Gasteiger charge is 2.23. The molecule has 0 aliphatic heterocycles. The van der Waals surface area contributed by atoms with Crippen molar-refractivity contribution < 1.29 is 22.1 Å². The van der Waals surface area contributed by atoms with Crippen molar-refractivity contribution >= 4 is 10.1 Å². The summed E-state index contributed by atoms with van der Waals surface area (Å²) in [5.41, 5.74) is 0.798. The topological polar surface area (TPSA) is 61.8 Å². The van der Waals surface area contributed by atoms with Gasteiger partial charge < -0.3 is 9.47 Å². The number of rotatable bonds is 8. The summed E-state index contributed by atoms with van der Waals surface area (Å²) in [4.78, 5) is 0. The smallest absolute Gasteiger partial charge is 0.264 e. The summed E-state index contributed by atoms with van der Waals surface area (Å²) < 4.78 is 37.1. The monoisotopic (exact) mass is 266 g/mol. The van der Waals surface area contributed by atoms with E-state index in [1.165, 1.54) is 0 Å². The van der Waals surface area contributed by atoms with Crippen molar-refractivity contribution in [1.29, 1.82) is 0 Å². The maximum Gasteiger partial charge on any atom is 0.264 e. The second-order valence-electron chi connectivity index (χ2n) is 4.37. The van der Waals surface area contributed by atoms with Crippen LogP contribution in [0.2, 0.25) is 0 Å². The average Bonchev–Trinajstić information content (AvgIpc) is 2.14. The highest BCUT2D eigenvalue weighted by atomic mass is 32.2. The molecule has 0 radical (unpaired) electrons. The Labute approximate surface area is 104 Å². The minimum Gasteiger partial charge on any atom is -0.354 e. The zero-order valence-corrected chi connectivity index (χ0v) is 12.0. The van der Waals surface area contributed by atoms with Crippen LogP contribution in [-0.2, 0) is 23.8 Å². The van der Waals surface area contributed by atoms with Crippen molar-refractivity contribution in [3.05, 3.63) is 12.2 Å². The van der Waals surface area contributed by atoms with Crippen LogP contribution in [0.15, 0.2) is 12.2 Å². The lowest BCUT2D eigenvalue weighted by Gasteiger charge is -2.29. The third-order valence-electron chi connectivity index (χ3n) is 2.14. The second kappa shape index (κ2) is 6.49. The summed E-state index contributed by atoms with van der Waals surface area (Å²) in [6.07, 6.45) is 1.13. The molecule has 6 heteroatoms. The molecule has 0 saturated heterocycles. The van der Waals surface area contributed by atoms with Gasteiger partial charge >= 0.3 is 0 Å². The molecule has 0 saturated carbocycles. The summed E-state index contributed by atoms with van der Waals surface area (Å²) in [5, 5.41) is 0. The minimum absolute atomic E-state index is 0.0656. The molecular weight excluding hydrogens is 244 g/mol. The number of hydrogen-bond acceptors (Lipinski definition) is 5. The normalized spacial score (nSPS) is 14.6. The van der Waals surface area contributed by atoms with E-state index in [2.05, 4.69) is 10.8 Å². The molecule has 0 N–H and O–H groups in total. The first-order valence-electron chi connectivity index (χ1n) is 5.30. The van der Waals surface area contributed by atoms with Crippen LogP contribution in [0.25, 0.3) is 0 Å². The van der Waals surface area contributed by atoms with E-state index in [9.17, 15) is 8.42 Å². The van der Waals surface area contributed by atoms with E-state index in [1.807, 2.05) is 6.92 Å². The molecule has 0 aromatic carbocycles. The Balaban J connectivity index is 4.32. The minimum atomic E-state index is -3.41. The van der Waals surface area contributed by atoms with E-state index in [-0.39, 0.29) is 12.7 Å². The first kappa shape index (κ1) is 16.6.